The molecular weight excluding hydrogens is 192 g/mol. The number of primary amides is 1. The average molecular weight is 200 g/mol. The molecule has 7 heteroatoms. The molecule has 0 fully saturated rings. The van der Waals surface area contributed by atoms with Crippen molar-refractivity contribution < 1.29 is 9.59 Å². The SMILES string of the molecule is CN(NC(=O)c1cncs1)C(N)=O. The minimum atomic E-state index is -0.724. The Hall–Kier alpha value is -1.63. The number of rotatable bonds is 1. The molecule has 1 heterocycles. The number of urea groups is 1. The summed E-state index contributed by atoms with van der Waals surface area (Å²) in [5, 5.41) is 0.905. The zero-order valence-electron chi connectivity index (χ0n) is 6.85. The molecular formula is C6H8N4O2S. The monoisotopic (exact) mass is 200 g/mol. The number of hydrogen-bond donors (Lipinski definition) is 2. The molecule has 70 valence electrons. The second kappa shape index (κ2) is 3.85. The van der Waals surface area contributed by atoms with Gasteiger partial charge in [-0.2, -0.15) is 0 Å². The third kappa shape index (κ3) is 2.41. The largest absolute Gasteiger partial charge is 0.350 e. The summed E-state index contributed by atoms with van der Waals surface area (Å²) >= 11 is 1.18. The van der Waals surface area contributed by atoms with E-state index in [0.717, 1.165) is 5.01 Å². The van der Waals surface area contributed by atoms with Crippen LogP contribution in [0.25, 0.3) is 0 Å². The van der Waals surface area contributed by atoms with E-state index in [4.69, 9.17) is 5.73 Å². The van der Waals surface area contributed by atoms with E-state index >= 15 is 0 Å². The zero-order valence-corrected chi connectivity index (χ0v) is 7.67. The predicted molar refractivity (Wildman–Crippen MR) is 46.9 cm³/mol. The molecule has 0 aliphatic carbocycles. The summed E-state index contributed by atoms with van der Waals surface area (Å²) in [6.45, 7) is 0. The average Bonchev–Trinajstić information content (AvgIpc) is 2.55. The smallest absolute Gasteiger partial charge is 0.333 e. The molecule has 1 aromatic rings. The molecule has 0 radical (unpaired) electrons. The molecule has 0 unspecified atom stereocenters. The number of carbonyl (C=O) groups excluding carboxylic acids is 2. The van der Waals surface area contributed by atoms with Crippen molar-refractivity contribution in [3.63, 3.8) is 0 Å². The molecule has 0 bridgehead atoms. The maximum absolute atomic E-state index is 11.2. The summed E-state index contributed by atoms with van der Waals surface area (Å²) in [7, 11) is 1.36. The Balaban J connectivity index is 2.56. The highest BCUT2D eigenvalue weighted by atomic mass is 32.1. The summed E-state index contributed by atoms with van der Waals surface area (Å²) in [4.78, 5) is 25.9. The number of nitrogens with two attached hydrogens (primary N) is 1. The highest BCUT2D eigenvalue weighted by Gasteiger charge is 2.10. The van der Waals surface area contributed by atoms with Crippen LogP contribution in [0.3, 0.4) is 0 Å². The number of thiazole rings is 1. The highest BCUT2D eigenvalue weighted by molar-refractivity contribution is 7.11. The van der Waals surface area contributed by atoms with Crippen LogP contribution in [0.15, 0.2) is 11.7 Å². The molecule has 1 rings (SSSR count). The predicted octanol–water partition coefficient (Wildman–Crippen LogP) is -0.202. The minimum Gasteiger partial charge on any atom is -0.350 e. The molecule has 6 nitrogen and oxygen atoms in total. The number of hydrazine groups is 1. The lowest BCUT2D eigenvalue weighted by atomic mass is 10.5. The van der Waals surface area contributed by atoms with Crippen molar-refractivity contribution in [1.29, 1.82) is 0 Å². The Kier molecular flexibility index (Phi) is 2.80. The first kappa shape index (κ1) is 9.46. The van der Waals surface area contributed by atoms with Crippen LogP contribution in [-0.4, -0.2) is 29.0 Å². The third-order valence-corrected chi connectivity index (χ3v) is 2.03. The zero-order chi connectivity index (χ0) is 9.84. The van der Waals surface area contributed by atoms with E-state index in [9.17, 15) is 9.59 Å². The van der Waals surface area contributed by atoms with Crippen LogP contribution in [0, 0.1) is 0 Å². The van der Waals surface area contributed by atoms with E-state index < -0.39 is 11.9 Å². The fourth-order valence-corrected chi connectivity index (χ4v) is 1.10. The van der Waals surface area contributed by atoms with Crippen LogP contribution in [0.5, 0.6) is 0 Å². The first-order valence-corrected chi connectivity index (χ1v) is 4.22. The molecule has 0 spiro atoms. The molecule has 0 aromatic carbocycles. The Morgan fingerprint density at radius 1 is 1.69 bits per heavy atom. The maximum atomic E-state index is 11.2. The lowest BCUT2D eigenvalue weighted by Gasteiger charge is -2.13. The van der Waals surface area contributed by atoms with Crippen LogP contribution in [0.2, 0.25) is 0 Å². The van der Waals surface area contributed by atoms with E-state index in [0.29, 0.717) is 4.88 Å². The standard InChI is InChI=1S/C6H8N4O2S/c1-10(6(7)12)9-5(11)4-2-8-3-13-4/h2-3H,1H3,(H2,7,12)(H,9,11). The van der Waals surface area contributed by atoms with Gasteiger partial charge < -0.3 is 5.73 Å². The normalized spacial score (nSPS) is 9.31. The van der Waals surface area contributed by atoms with Gasteiger partial charge in [0.25, 0.3) is 5.91 Å². The van der Waals surface area contributed by atoms with E-state index in [1.54, 1.807) is 0 Å². The van der Waals surface area contributed by atoms with Gasteiger partial charge in [0.1, 0.15) is 4.88 Å². The summed E-state index contributed by atoms with van der Waals surface area (Å²) in [6, 6.07) is -0.724. The lowest BCUT2D eigenvalue weighted by molar-refractivity contribution is 0.0863. The number of carbonyl (C=O) groups is 2. The molecule has 13 heavy (non-hydrogen) atoms. The van der Waals surface area contributed by atoms with Crippen LogP contribution in [0.1, 0.15) is 9.67 Å². The second-order valence-electron chi connectivity index (χ2n) is 2.20. The van der Waals surface area contributed by atoms with Gasteiger partial charge in [0.05, 0.1) is 11.7 Å². The van der Waals surface area contributed by atoms with Crippen LogP contribution in [0.4, 0.5) is 4.79 Å². The van der Waals surface area contributed by atoms with Gasteiger partial charge in [-0.1, -0.05) is 0 Å². The van der Waals surface area contributed by atoms with Gasteiger partial charge >= 0.3 is 6.03 Å². The van der Waals surface area contributed by atoms with Crippen molar-refractivity contribution in [2.24, 2.45) is 5.73 Å². The fraction of sp³-hybridized carbons (Fsp3) is 0.167. The topological polar surface area (TPSA) is 88.3 Å². The van der Waals surface area contributed by atoms with Gasteiger partial charge in [0.15, 0.2) is 0 Å². The van der Waals surface area contributed by atoms with Crippen molar-refractivity contribution >= 4 is 23.3 Å². The van der Waals surface area contributed by atoms with E-state index in [-0.39, 0.29) is 0 Å². The molecule has 0 aliphatic heterocycles. The first-order chi connectivity index (χ1) is 6.11. The van der Waals surface area contributed by atoms with E-state index in [1.165, 1.54) is 30.1 Å². The molecule has 3 N–H and O–H groups in total. The lowest BCUT2D eigenvalue weighted by Crippen LogP contribution is -2.45. The quantitative estimate of drug-likeness (QED) is 0.615. The second-order valence-corrected chi connectivity index (χ2v) is 3.09. The molecule has 0 atom stereocenters. The van der Waals surface area contributed by atoms with Gasteiger partial charge in [-0.3, -0.25) is 15.2 Å². The summed E-state index contributed by atoms with van der Waals surface area (Å²) in [5.41, 5.74) is 8.70. The van der Waals surface area contributed by atoms with Gasteiger partial charge in [-0.05, 0) is 0 Å². The Bertz CT molecular complexity index is 310. The number of aromatic nitrogens is 1. The van der Waals surface area contributed by atoms with Crippen LogP contribution < -0.4 is 11.2 Å². The highest BCUT2D eigenvalue weighted by Crippen LogP contribution is 2.04. The number of nitrogens with one attached hydrogen (secondary N) is 1. The van der Waals surface area contributed by atoms with Crippen LogP contribution in [-0.2, 0) is 0 Å². The van der Waals surface area contributed by atoms with Gasteiger partial charge in [-0.25, -0.2) is 9.80 Å². The van der Waals surface area contributed by atoms with Crippen molar-refractivity contribution in [3.8, 4) is 0 Å². The van der Waals surface area contributed by atoms with E-state index in [2.05, 4.69) is 10.4 Å². The molecule has 0 saturated heterocycles. The summed E-state index contributed by atoms with van der Waals surface area (Å²) < 4.78 is 0. The van der Waals surface area contributed by atoms with E-state index in [1.807, 2.05) is 0 Å². The summed E-state index contributed by atoms with van der Waals surface area (Å²) in [5.74, 6) is -0.399. The van der Waals surface area contributed by atoms with Gasteiger partial charge in [0.2, 0.25) is 0 Å². The van der Waals surface area contributed by atoms with Gasteiger partial charge in [-0.15, -0.1) is 11.3 Å². The van der Waals surface area contributed by atoms with Crippen molar-refractivity contribution in [2.45, 2.75) is 0 Å². The first-order valence-electron chi connectivity index (χ1n) is 3.34. The molecule has 0 aliphatic rings. The minimum absolute atomic E-state index is 0.399. The molecule has 0 saturated carbocycles. The van der Waals surface area contributed by atoms with Crippen molar-refractivity contribution in [1.82, 2.24) is 15.4 Å². The maximum Gasteiger partial charge on any atom is 0.333 e. The Morgan fingerprint density at radius 2 is 2.38 bits per heavy atom. The van der Waals surface area contributed by atoms with Crippen molar-refractivity contribution in [3.05, 3.63) is 16.6 Å². The molecule has 3 amide bonds. The van der Waals surface area contributed by atoms with Crippen molar-refractivity contribution in [2.75, 3.05) is 7.05 Å². The number of nitrogens with zero attached hydrogens (tertiary/aromatic N) is 2. The summed E-state index contributed by atoms with van der Waals surface area (Å²) in [6.07, 6.45) is 1.41. The Morgan fingerprint density at radius 3 is 2.85 bits per heavy atom. The Labute approximate surface area is 78.3 Å². The third-order valence-electron chi connectivity index (χ3n) is 1.26. The van der Waals surface area contributed by atoms with Gasteiger partial charge in [0, 0.05) is 7.05 Å². The molecule has 1 aromatic heterocycles. The van der Waals surface area contributed by atoms with Crippen LogP contribution >= 0.6 is 11.3 Å². The number of hydrogen-bond acceptors (Lipinski definition) is 4. The number of amides is 3. The fourth-order valence-electron chi connectivity index (χ4n) is 0.590.